The topological polar surface area (TPSA) is 75.3 Å². The fourth-order valence-corrected chi connectivity index (χ4v) is 3.78. The number of hydrogen-bond acceptors (Lipinski definition) is 3. The van der Waals surface area contributed by atoms with Gasteiger partial charge in [-0.25, -0.2) is 13.1 Å². The van der Waals surface area contributed by atoms with Gasteiger partial charge < -0.3 is 5.32 Å². The van der Waals surface area contributed by atoms with Crippen molar-refractivity contribution in [2.75, 3.05) is 5.32 Å². The third kappa shape index (κ3) is 4.86. The van der Waals surface area contributed by atoms with E-state index in [1.54, 1.807) is 24.3 Å². The average Bonchev–Trinajstić information content (AvgIpc) is 3.45. The summed E-state index contributed by atoms with van der Waals surface area (Å²) in [6.45, 7) is -0.207. The SMILES string of the molecule is O=C(Nc1cccc(CNS(=O)(=O)c2ccccc2C(F)(F)F)c1)C1CC1. The summed E-state index contributed by atoms with van der Waals surface area (Å²) >= 11 is 0. The van der Waals surface area contributed by atoms with E-state index < -0.39 is 26.7 Å². The molecule has 2 aromatic carbocycles. The molecule has 3 rings (SSSR count). The Labute approximate surface area is 154 Å². The number of hydrogen-bond donors (Lipinski definition) is 2. The summed E-state index contributed by atoms with van der Waals surface area (Å²) < 4.78 is 66.0. The van der Waals surface area contributed by atoms with Crippen molar-refractivity contribution in [1.82, 2.24) is 4.72 Å². The number of carbonyl (C=O) groups excluding carboxylic acids is 1. The Hall–Kier alpha value is -2.39. The number of carbonyl (C=O) groups is 1. The first-order valence-corrected chi connectivity index (χ1v) is 9.71. The van der Waals surface area contributed by atoms with E-state index in [1.807, 2.05) is 0 Å². The molecule has 1 aliphatic carbocycles. The third-order valence-electron chi connectivity index (χ3n) is 4.09. The minimum Gasteiger partial charge on any atom is -0.326 e. The zero-order valence-electron chi connectivity index (χ0n) is 14.1. The van der Waals surface area contributed by atoms with Crippen molar-refractivity contribution in [2.45, 2.75) is 30.5 Å². The van der Waals surface area contributed by atoms with Gasteiger partial charge in [0.05, 0.1) is 10.5 Å². The highest BCUT2D eigenvalue weighted by Gasteiger charge is 2.36. The van der Waals surface area contributed by atoms with Crippen LogP contribution in [-0.2, 0) is 27.5 Å². The third-order valence-corrected chi connectivity index (χ3v) is 5.55. The minimum atomic E-state index is -4.78. The summed E-state index contributed by atoms with van der Waals surface area (Å²) in [4.78, 5) is 11.0. The summed E-state index contributed by atoms with van der Waals surface area (Å²) in [5.41, 5.74) is -0.195. The Bertz CT molecular complexity index is 954. The lowest BCUT2D eigenvalue weighted by molar-refractivity contribution is -0.139. The number of sulfonamides is 1. The van der Waals surface area contributed by atoms with Crippen molar-refractivity contribution in [3.05, 3.63) is 59.7 Å². The number of rotatable bonds is 6. The van der Waals surface area contributed by atoms with Crippen LogP contribution in [0.4, 0.5) is 18.9 Å². The number of benzene rings is 2. The van der Waals surface area contributed by atoms with Gasteiger partial charge in [-0.15, -0.1) is 0 Å². The molecule has 0 saturated heterocycles. The van der Waals surface area contributed by atoms with Gasteiger partial charge in [-0.1, -0.05) is 24.3 Å². The number of anilines is 1. The Kier molecular flexibility index (Phi) is 5.25. The van der Waals surface area contributed by atoms with Crippen LogP contribution in [0.25, 0.3) is 0 Å². The van der Waals surface area contributed by atoms with Gasteiger partial charge in [0.2, 0.25) is 15.9 Å². The molecule has 1 aliphatic rings. The van der Waals surface area contributed by atoms with Crippen LogP contribution in [0.2, 0.25) is 0 Å². The lowest BCUT2D eigenvalue weighted by Gasteiger charge is -2.14. The smallest absolute Gasteiger partial charge is 0.326 e. The highest BCUT2D eigenvalue weighted by molar-refractivity contribution is 7.89. The average molecular weight is 398 g/mol. The van der Waals surface area contributed by atoms with Crippen LogP contribution in [0, 0.1) is 5.92 Å². The van der Waals surface area contributed by atoms with Gasteiger partial charge in [-0.3, -0.25) is 4.79 Å². The molecule has 2 N–H and O–H groups in total. The van der Waals surface area contributed by atoms with Gasteiger partial charge >= 0.3 is 6.18 Å². The molecule has 1 fully saturated rings. The summed E-state index contributed by atoms with van der Waals surface area (Å²) in [6, 6.07) is 10.5. The summed E-state index contributed by atoms with van der Waals surface area (Å²) in [6.07, 6.45) is -3.08. The van der Waals surface area contributed by atoms with Crippen LogP contribution in [-0.4, -0.2) is 14.3 Å². The van der Waals surface area contributed by atoms with Gasteiger partial charge in [0.15, 0.2) is 0 Å². The molecular formula is C18H17F3N2O3S. The van der Waals surface area contributed by atoms with E-state index in [4.69, 9.17) is 0 Å². The highest BCUT2D eigenvalue weighted by Crippen LogP contribution is 2.34. The first-order valence-electron chi connectivity index (χ1n) is 8.22. The van der Waals surface area contributed by atoms with Crippen molar-refractivity contribution < 1.29 is 26.4 Å². The second-order valence-corrected chi connectivity index (χ2v) is 8.02. The Morgan fingerprint density at radius 2 is 1.78 bits per heavy atom. The minimum absolute atomic E-state index is 0.0195. The number of halogens is 3. The predicted molar refractivity (Wildman–Crippen MR) is 93.3 cm³/mol. The number of amides is 1. The first-order chi connectivity index (χ1) is 12.7. The quantitative estimate of drug-likeness (QED) is 0.782. The molecule has 2 aromatic rings. The van der Waals surface area contributed by atoms with Crippen LogP contribution in [0.5, 0.6) is 0 Å². The molecule has 0 aromatic heterocycles. The van der Waals surface area contributed by atoms with Gasteiger partial charge in [0, 0.05) is 18.2 Å². The van der Waals surface area contributed by atoms with E-state index in [0.717, 1.165) is 31.0 Å². The molecule has 1 saturated carbocycles. The molecule has 0 bridgehead atoms. The number of nitrogens with one attached hydrogen (secondary N) is 2. The van der Waals surface area contributed by atoms with E-state index in [0.29, 0.717) is 11.3 Å². The monoisotopic (exact) mass is 398 g/mol. The molecule has 1 amide bonds. The van der Waals surface area contributed by atoms with Gasteiger partial charge in [0.25, 0.3) is 0 Å². The molecule has 0 radical (unpaired) electrons. The fourth-order valence-electron chi connectivity index (χ4n) is 2.54. The molecule has 5 nitrogen and oxygen atoms in total. The van der Waals surface area contributed by atoms with E-state index in [9.17, 15) is 26.4 Å². The van der Waals surface area contributed by atoms with E-state index >= 15 is 0 Å². The summed E-state index contributed by atoms with van der Waals surface area (Å²) in [7, 11) is -4.37. The molecule has 27 heavy (non-hydrogen) atoms. The normalized spacial score (nSPS) is 14.8. The zero-order valence-corrected chi connectivity index (χ0v) is 14.9. The zero-order chi connectivity index (χ0) is 19.7. The molecule has 0 atom stereocenters. The largest absolute Gasteiger partial charge is 0.417 e. The maximum atomic E-state index is 13.1. The molecule has 0 unspecified atom stereocenters. The van der Waals surface area contributed by atoms with Crippen molar-refractivity contribution in [1.29, 1.82) is 0 Å². The summed E-state index contributed by atoms with van der Waals surface area (Å²) in [5.74, 6) is -0.0714. The van der Waals surface area contributed by atoms with Gasteiger partial charge in [-0.05, 0) is 42.7 Å². The Balaban J connectivity index is 1.74. The van der Waals surface area contributed by atoms with Crippen molar-refractivity contribution in [2.24, 2.45) is 5.92 Å². The van der Waals surface area contributed by atoms with Crippen LogP contribution in [0.1, 0.15) is 24.0 Å². The maximum Gasteiger partial charge on any atom is 0.417 e. The Morgan fingerprint density at radius 3 is 2.44 bits per heavy atom. The van der Waals surface area contributed by atoms with E-state index in [2.05, 4.69) is 10.0 Å². The maximum absolute atomic E-state index is 13.1. The van der Waals surface area contributed by atoms with Crippen molar-refractivity contribution >= 4 is 21.6 Å². The van der Waals surface area contributed by atoms with E-state index in [1.165, 1.54) is 6.07 Å². The molecule has 0 heterocycles. The molecular weight excluding hydrogens is 381 g/mol. The predicted octanol–water partition coefficient (Wildman–Crippen LogP) is 3.53. The van der Waals surface area contributed by atoms with Crippen LogP contribution >= 0.6 is 0 Å². The standard InChI is InChI=1S/C18H17F3N2O3S/c19-18(20,21)15-6-1-2-7-16(15)27(25,26)22-11-12-4-3-5-14(10-12)23-17(24)13-8-9-13/h1-7,10,13,22H,8-9,11H2,(H,23,24). The van der Waals surface area contributed by atoms with Gasteiger partial charge in [-0.2, -0.15) is 13.2 Å². The lowest BCUT2D eigenvalue weighted by Crippen LogP contribution is -2.26. The van der Waals surface area contributed by atoms with E-state index in [-0.39, 0.29) is 18.4 Å². The molecule has 0 aliphatic heterocycles. The lowest BCUT2D eigenvalue weighted by atomic mass is 10.2. The molecule has 0 spiro atoms. The fraction of sp³-hybridized carbons (Fsp3) is 0.278. The molecule has 9 heteroatoms. The van der Waals surface area contributed by atoms with Crippen LogP contribution < -0.4 is 10.0 Å². The Morgan fingerprint density at radius 1 is 1.07 bits per heavy atom. The summed E-state index contributed by atoms with van der Waals surface area (Å²) in [5, 5.41) is 2.74. The van der Waals surface area contributed by atoms with Crippen molar-refractivity contribution in [3.8, 4) is 0 Å². The van der Waals surface area contributed by atoms with Crippen LogP contribution in [0.3, 0.4) is 0 Å². The molecule has 144 valence electrons. The first kappa shape index (κ1) is 19.4. The van der Waals surface area contributed by atoms with Crippen LogP contribution in [0.15, 0.2) is 53.4 Å². The van der Waals surface area contributed by atoms with Gasteiger partial charge in [0.1, 0.15) is 0 Å². The second kappa shape index (κ2) is 7.32. The highest BCUT2D eigenvalue weighted by atomic mass is 32.2. The van der Waals surface area contributed by atoms with Crippen molar-refractivity contribution in [3.63, 3.8) is 0 Å². The second-order valence-electron chi connectivity index (χ2n) is 6.28. The number of alkyl halides is 3.